The fourth-order valence-electron chi connectivity index (χ4n) is 2.89. The summed E-state index contributed by atoms with van der Waals surface area (Å²) < 4.78 is 5.36. The summed E-state index contributed by atoms with van der Waals surface area (Å²) in [6.45, 7) is 6.53. The summed E-state index contributed by atoms with van der Waals surface area (Å²) in [5.74, 6) is 2.27. The molecule has 0 saturated carbocycles. The maximum atomic E-state index is 11.5. The molecule has 7 nitrogen and oxygen atoms in total. The van der Waals surface area contributed by atoms with Crippen molar-refractivity contribution in [1.82, 2.24) is 14.9 Å². The maximum absolute atomic E-state index is 11.5. The maximum Gasteiger partial charge on any atom is 0.229 e. The number of carbonyl (C=O) groups is 1. The number of nitrogens with zero attached hydrogens (tertiary/aromatic N) is 4. The van der Waals surface area contributed by atoms with Gasteiger partial charge in [-0.25, -0.2) is 4.98 Å². The smallest absolute Gasteiger partial charge is 0.229 e. The Morgan fingerprint density at radius 2 is 1.88 bits per heavy atom. The lowest BCUT2D eigenvalue weighted by Gasteiger charge is -2.35. The van der Waals surface area contributed by atoms with Crippen LogP contribution >= 0.6 is 0 Å². The number of anilines is 3. The Balaban J connectivity index is 1.78. The van der Waals surface area contributed by atoms with Gasteiger partial charge < -0.3 is 19.9 Å². The highest BCUT2D eigenvalue weighted by atomic mass is 16.5. The van der Waals surface area contributed by atoms with E-state index in [2.05, 4.69) is 20.2 Å². The van der Waals surface area contributed by atoms with Crippen LogP contribution in [0.1, 0.15) is 12.6 Å². The fourth-order valence-corrected chi connectivity index (χ4v) is 2.89. The van der Waals surface area contributed by atoms with Crippen molar-refractivity contribution in [3.05, 3.63) is 36.0 Å². The summed E-state index contributed by atoms with van der Waals surface area (Å²) in [7, 11) is 1.64. The van der Waals surface area contributed by atoms with E-state index < -0.39 is 0 Å². The number of hydrogen-bond donors (Lipinski definition) is 1. The van der Waals surface area contributed by atoms with E-state index in [4.69, 9.17) is 4.74 Å². The van der Waals surface area contributed by atoms with Crippen molar-refractivity contribution in [2.75, 3.05) is 43.5 Å². The predicted octanol–water partition coefficient (Wildman–Crippen LogP) is 2.21. The van der Waals surface area contributed by atoms with Gasteiger partial charge in [0.05, 0.1) is 12.8 Å². The van der Waals surface area contributed by atoms with E-state index in [0.29, 0.717) is 19.0 Å². The Morgan fingerprint density at radius 3 is 2.56 bits per heavy atom. The molecule has 1 aromatic carbocycles. The minimum Gasteiger partial charge on any atom is -0.495 e. The van der Waals surface area contributed by atoms with Crippen LogP contribution in [0.4, 0.5) is 17.5 Å². The lowest BCUT2D eigenvalue weighted by atomic mass is 10.3. The number of amides is 1. The summed E-state index contributed by atoms with van der Waals surface area (Å²) in [5.41, 5.74) is 1.71. The molecular weight excluding hydrogens is 318 g/mol. The number of benzene rings is 1. The van der Waals surface area contributed by atoms with Crippen molar-refractivity contribution < 1.29 is 9.53 Å². The fraction of sp³-hybridized carbons (Fsp3) is 0.389. The third kappa shape index (κ3) is 3.99. The number of nitrogens with one attached hydrogen (secondary N) is 1. The average Bonchev–Trinajstić information content (AvgIpc) is 2.62. The first-order valence-corrected chi connectivity index (χ1v) is 8.33. The lowest BCUT2D eigenvalue weighted by molar-refractivity contribution is -0.129. The summed E-state index contributed by atoms with van der Waals surface area (Å²) in [6, 6.07) is 9.64. The average molecular weight is 341 g/mol. The number of aryl methyl sites for hydroxylation is 1. The second-order valence-electron chi connectivity index (χ2n) is 6.01. The minimum atomic E-state index is 0.122. The molecule has 1 saturated heterocycles. The molecule has 0 atom stereocenters. The van der Waals surface area contributed by atoms with Gasteiger partial charge in [-0.1, -0.05) is 12.1 Å². The van der Waals surface area contributed by atoms with Crippen molar-refractivity contribution in [3.63, 3.8) is 0 Å². The van der Waals surface area contributed by atoms with Gasteiger partial charge in [0.1, 0.15) is 11.6 Å². The molecule has 1 amide bonds. The highest BCUT2D eigenvalue weighted by molar-refractivity contribution is 5.73. The van der Waals surface area contributed by atoms with Crippen molar-refractivity contribution in [2.24, 2.45) is 0 Å². The van der Waals surface area contributed by atoms with Crippen molar-refractivity contribution in [1.29, 1.82) is 0 Å². The zero-order valence-corrected chi connectivity index (χ0v) is 14.8. The monoisotopic (exact) mass is 341 g/mol. The number of carbonyl (C=O) groups excluding carboxylic acids is 1. The van der Waals surface area contributed by atoms with Gasteiger partial charge >= 0.3 is 0 Å². The molecule has 0 aliphatic carbocycles. The Labute approximate surface area is 147 Å². The number of methoxy groups -OCH3 is 1. The van der Waals surface area contributed by atoms with E-state index in [1.165, 1.54) is 0 Å². The summed E-state index contributed by atoms with van der Waals surface area (Å²) in [5, 5.41) is 3.23. The van der Waals surface area contributed by atoms with Crippen LogP contribution in [0.5, 0.6) is 5.75 Å². The second kappa shape index (κ2) is 7.38. The predicted molar refractivity (Wildman–Crippen MR) is 97.5 cm³/mol. The van der Waals surface area contributed by atoms with Gasteiger partial charge in [0.25, 0.3) is 0 Å². The number of piperazine rings is 1. The molecule has 1 fully saturated rings. The van der Waals surface area contributed by atoms with Crippen molar-refractivity contribution in [3.8, 4) is 5.75 Å². The molecule has 25 heavy (non-hydrogen) atoms. The zero-order chi connectivity index (χ0) is 17.8. The number of rotatable bonds is 4. The summed E-state index contributed by atoms with van der Waals surface area (Å²) in [6.07, 6.45) is 0. The molecule has 0 radical (unpaired) electrons. The largest absolute Gasteiger partial charge is 0.495 e. The number of ether oxygens (including phenoxy) is 1. The summed E-state index contributed by atoms with van der Waals surface area (Å²) in [4.78, 5) is 24.6. The first-order valence-electron chi connectivity index (χ1n) is 8.33. The van der Waals surface area contributed by atoms with Crippen LogP contribution in [0.25, 0.3) is 0 Å². The van der Waals surface area contributed by atoms with Gasteiger partial charge in [-0.15, -0.1) is 0 Å². The zero-order valence-electron chi connectivity index (χ0n) is 14.8. The molecule has 0 bridgehead atoms. The van der Waals surface area contributed by atoms with Crippen LogP contribution < -0.4 is 15.0 Å². The lowest BCUT2D eigenvalue weighted by Crippen LogP contribution is -2.48. The normalized spacial score (nSPS) is 14.4. The van der Waals surface area contributed by atoms with Crippen LogP contribution in [0.3, 0.4) is 0 Å². The molecule has 0 spiro atoms. The molecule has 2 heterocycles. The van der Waals surface area contributed by atoms with Gasteiger partial charge in [-0.2, -0.15) is 4.98 Å². The Kier molecular flexibility index (Phi) is 5.02. The van der Waals surface area contributed by atoms with Crippen molar-refractivity contribution in [2.45, 2.75) is 13.8 Å². The van der Waals surface area contributed by atoms with E-state index >= 15 is 0 Å². The quantitative estimate of drug-likeness (QED) is 0.919. The van der Waals surface area contributed by atoms with E-state index in [-0.39, 0.29) is 5.91 Å². The number of para-hydroxylation sites is 2. The Hall–Kier alpha value is -2.83. The third-order valence-corrected chi connectivity index (χ3v) is 4.24. The van der Waals surface area contributed by atoms with Crippen LogP contribution in [-0.2, 0) is 4.79 Å². The van der Waals surface area contributed by atoms with Gasteiger partial charge in [0.15, 0.2) is 0 Å². The van der Waals surface area contributed by atoms with Crippen LogP contribution in [0, 0.1) is 6.92 Å². The van der Waals surface area contributed by atoms with E-state index in [9.17, 15) is 4.79 Å². The molecular formula is C18H23N5O2. The number of aromatic nitrogens is 2. The standard InChI is InChI=1S/C18H23N5O2/c1-13-12-17(23-10-8-22(9-11-23)14(2)24)21-18(19-13)20-15-6-4-5-7-16(15)25-3/h4-7,12H,8-11H2,1-3H3,(H,19,20,21). The molecule has 3 rings (SSSR count). The first-order chi connectivity index (χ1) is 12.1. The highest BCUT2D eigenvalue weighted by Gasteiger charge is 2.20. The Morgan fingerprint density at radius 1 is 1.16 bits per heavy atom. The minimum absolute atomic E-state index is 0.122. The van der Waals surface area contributed by atoms with E-state index in [0.717, 1.165) is 36.0 Å². The van der Waals surface area contributed by atoms with Crippen LogP contribution in [0.2, 0.25) is 0 Å². The molecule has 2 aromatic rings. The van der Waals surface area contributed by atoms with Gasteiger partial charge in [-0.3, -0.25) is 4.79 Å². The van der Waals surface area contributed by atoms with E-state index in [1.807, 2.05) is 42.2 Å². The Bertz CT molecular complexity index is 757. The van der Waals surface area contributed by atoms with Gasteiger partial charge in [0, 0.05) is 44.9 Å². The third-order valence-electron chi connectivity index (χ3n) is 4.24. The molecule has 7 heteroatoms. The van der Waals surface area contributed by atoms with Crippen LogP contribution in [-0.4, -0.2) is 54.1 Å². The SMILES string of the molecule is COc1ccccc1Nc1nc(C)cc(N2CCN(C(C)=O)CC2)n1. The molecule has 1 aromatic heterocycles. The first kappa shape index (κ1) is 17.0. The molecule has 1 N–H and O–H groups in total. The molecule has 132 valence electrons. The summed E-state index contributed by atoms with van der Waals surface area (Å²) >= 11 is 0. The molecule has 0 unspecified atom stereocenters. The molecule has 1 aliphatic rings. The van der Waals surface area contributed by atoms with Gasteiger partial charge in [0.2, 0.25) is 11.9 Å². The topological polar surface area (TPSA) is 70.6 Å². The number of hydrogen-bond acceptors (Lipinski definition) is 6. The molecule has 1 aliphatic heterocycles. The second-order valence-corrected chi connectivity index (χ2v) is 6.01. The van der Waals surface area contributed by atoms with Gasteiger partial charge in [-0.05, 0) is 19.1 Å². The van der Waals surface area contributed by atoms with Crippen molar-refractivity contribution >= 4 is 23.4 Å². The van der Waals surface area contributed by atoms with Crippen LogP contribution in [0.15, 0.2) is 30.3 Å². The van der Waals surface area contributed by atoms with E-state index in [1.54, 1.807) is 14.0 Å². The highest BCUT2D eigenvalue weighted by Crippen LogP contribution is 2.26.